The number of carbonyl (C=O) groups is 1. The fourth-order valence-corrected chi connectivity index (χ4v) is 2.61. The van der Waals surface area contributed by atoms with Gasteiger partial charge in [-0.1, -0.05) is 6.92 Å². The van der Waals surface area contributed by atoms with Gasteiger partial charge in [0.15, 0.2) is 0 Å². The van der Waals surface area contributed by atoms with Crippen molar-refractivity contribution in [3.63, 3.8) is 0 Å². The van der Waals surface area contributed by atoms with Crippen molar-refractivity contribution in [3.8, 4) is 0 Å². The molecule has 1 saturated heterocycles. The van der Waals surface area contributed by atoms with E-state index in [1.165, 1.54) is 6.42 Å². The summed E-state index contributed by atoms with van der Waals surface area (Å²) in [6, 6.07) is 3.86. The molecule has 2 aromatic rings. The van der Waals surface area contributed by atoms with E-state index in [1.807, 2.05) is 23.2 Å². The van der Waals surface area contributed by atoms with Gasteiger partial charge in [0.2, 0.25) is 0 Å². The molecule has 1 amide bonds. The molecule has 0 spiro atoms. The van der Waals surface area contributed by atoms with E-state index < -0.39 is 0 Å². The molecule has 1 atom stereocenters. The molecule has 4 nitrogen and oxygen atoms in total. The Bertz CT molecular complexity index is 575. The second-order valence-corrected chi connectivity index (χ2v) is 5.14. The zero-order chi connectivity index (χ0) is 12.5. The molecule has 3 rings (SSSR count). The number of piperidine rings is 1. The first-order valence-electron chi connectivity index (χ1n) is 6.46. The Morgan fingerprint density at radius 3 is 3.28 bits per heavy atom. The Labute approximate surface area is 106 Å². The number of pyridine rings is 1. The summed E-state index contributed by atoms with van der Waals surface area (Å²) in [7, 11) is 0. The van der Waals surface area contributed by atoms with E-state index in [9.17, 15) is 4.79 Å². The highest BCUT2D eigenvalue weighted by Crippen LogP contribution is 2.19. The summed E-state index contributed by atoms with van der Waals surface area (Å²) < 4.78 is 0. The van der Waals surface area contributed by atoms with E-state index in [2.05, 4.69) is 16.9 Å². The van der Waals surface area contributed by atoms with Crippen molar-refractivity contribution in [1.82, 2.24) is 14.9 Å². The highest BCUT2D eigenvalue weighted by molar-refractivity contribution is 5.96. The van der Waals surface area contributed by atoms with Gasteiger partial charge in [0.05, 0.1) is 5.56 Å². The van der Waals surface area contributed by atoms with Gasteiger partial charge in [0.1, 0.15) is 5.65 Å². The second-order valence-electron chi connectivity index (χ2n) is 5.14. The molecule has 1 N–H and O–H groups in total. The topological polar surface area (TPSA) is 49.0 Å². The molecule has 4 heteroatoms. The normalized spacial score (nSPS) is 20.3. The minimum absolute atomic E-state index is 0.108. The van der Waals surface area contributed by atoms with Crippen LogP contribution in [-0.2, 0) is 0 Å². The minimum atomic E-state index is 0.108. The molecule has 1 fully saturated rings. The number of carbonyl (C=O) groups excluding carboxylic acids is 1. The van der Waals surface area contributed by atoms with Crippen molar-refractivity contribution < 1.29 is 4.79 Å². The molecule has 94 valence electrons. The summed E-state index contributed by atoms with van der Waals surface area (Å²) in [6.07, 6.45) is 5.83. The van der Waals surface area contributed by atoms with Gasteiger partial charge in [-0.3, -0.25) is 4.79 Å². The van der Waals surface area contributed by atoms with Gasteiger partial charge in [-0.2, -0.15) is 0 Å². The van der Waals surface area contributed by atoms with Crippen LogP contribution < -0.4 is 0 Å². The zero-order valence-electron chi connectivity index (χ0n) is 10.5. The third-order valence-corrected chi connectivity index (χ3v) is 3.59. The van der Waals surface area contributed by atoms with Crippen LogP contribution in [0, 0.1) is 5.92 Å². The third kappa shape index (κ3) is 1.98. The number of nitrogens with one attached hydrogen (secondary N) is 1. The van der Waals surface area contributed by atoms with Crippen LogP contribution in [-0.4, -0.2) is 33.9 Å². The highest BCUT2D eigenvalue weighted by atomic mass is 16.2. The van der Waals surface area contributed by atoms with E-state index in [4.69, 9.17) is 0 Å². The molecular formula is C14H17N3O. The van der Waals surface area contributed by atoms with Crippen molar-refractivity contribution in [3.05, 3.63) is 30.1 Å². The highest BCUT2D eigenvalue weighted by Gasteiger charge is 2.22. The van der Waals surface area contributed by atoms with Crippen LogP contribution in [0.25, 0.3) is 11.0 Å². The summed E-state index contributed by atoms with van der Waals surface area (Å²) >= 11 is 0. The number of amides is 1. The molecule has 0 aromatic carbocycles. The van der Waals surface area contributed by atoms with Crippen molar-refractivity contribution in [1.29, 1.82) is 0 Å². The number of aromatic nitrogens is 2. The smallest absolute Gasteiger partial charge is 0.255 e. The van der Waals surface area contributed by atoms with E-state index >= 15 is 0 Å². The van der Waals surface area contributed by atoms with Crippen molar-refractivity contribution in [2.75, 3.05) is 13.1 Å². The summed E-state index contributed by atoms with van der Waals surface area (Å²) in [6.45, 7) is 3.94. The van der Waals surface area contributed by atoms with Gasteiger partial charge in [0.25, 0.3) is 5.91 Å². The summed E-state index contributed by atoms with van der Waals surface area (Å²) in [4.78, 5) is 21.6. The molecule has 3 heterocycles. The van der Waals surface area contributed by atoms with E-state index in [0.717, 1.165) is 30.5 Å². The second kappa shape index (κ2) is 4.44. The van der Waals surface area contributed by atoms with Gasteiger partial charge in [0, 0.05) is 30.9 Å². The fourth-order valence-electron chi connectivity index (χ4n) is 2.61. The van der Waals surface area contributed by atoms with Crippen molar-refractivity contribution >= 4 is 16.9 Å². The monoisotopic (exact) mass is 243 g/mol. The molecule has 0 saturated carbocycles. The van der Waals surface area contributed by atoms with E-state index in [0.29, 0.717) is 11.5 Å². The number of hydrogen-bond acceptors (Lipinski definition) is 2. The number of rotatable bonds is 1. The number of fused-ring (bicyclic) bond motifs is 1. The number of aromatic amines is 1. The standard InChI is InChI=1S/C14H17N3O/c1-10-3-2-6-17(9-10)14(18)12-7-11-4-5-15-13(11)16-8-12/h4-5,7-8,10H,2-3,6,9H2,1H3,(H,15,16). The number of likely N-dealkylation sites (tertiary alicyclic amines) is 1. The van der Waals surface area contributed by atoms with Gasteiger partial charge in [-0.15, -0.1) is 0 Å². The maximum Gasteiger partial charge on any atom is 0.255 e. The number of hydrogen-bond donors (Lipinski definition) is 1. The van der Waals surface area contributed by atoms with Crippen LogP contribution >= 0.6 is 0 Å². The summed E-state index contributed by atoms with van der Waals surface area (Å²) in [5.41, 5.74) is 1.52. The van der Waals surface area contributed by atoms with Gasteiger partial charge in [-0.25, -0.2) is 4.98 Å². The molecule has 2 aromatic heterocycles. The van der Waals surface area contributed by atoms with Crippen LogP contribution in [0.5, 0.6) is 0 Å². The lowest BCUT2D eigenvalue weighted by molar-refractivity contribution is 0.0683. The molecule has 1 aliphatic heterocycles. The Morgan fingerprint density at radius 2 is 2.44 bits per heavy atom. The molecule has 0 aliphatic carbocycles. The van der Waals surface area contributed by atoms with Crippen LogP contribution in [0.4, 0.5) is 0 Å². The van der Waals surface area contributed by atoms with Crippen LogP contribution in [0.1, 0.15) is 30.1 Å². The molecule has 0 radical (unpaired) electrons. The van der Waals surface area contributed by atoms with Gasteiger partial charge < -0.3 is 9.88 Å². The predicted octanol–water partition coefficient (Wildman–Crippen LogP) is 2.44. The number of H-pyrrole nitrogens is 1. The third-order valence-electron chi connectivity index (χ3n) is 3.59. The molecule has 1 aliphatic rings. The Hall–Kier alpha value is -1.84. The first-order valence-corrected chi connectivity index (χ1v) is 6.46. The van der Waals surface area contributed by atoms with Crippen molar-refractivity contribution in [2.24, 2.45) is 5.92 Å². The van der Waals surface area contributed by atoms with Gasteiger partial charge in [-0.05, 0) is 30.9 Å². The lowest BCUT2D eigenvalue weighted by Gasteiger charge is -2.30. The largest absolute Gasteiger partial charge is 0.346 e. The summed E-state index contributed by atoms with van der Waals surface area (Å²) in [5, 5.41) is 0.992. The average molecular weight is 243 g/mol. The maximum atomic E-state index is 12.4. The summed E-state index contributed by atoms with van der Waals surface area (Å²) in [5.74, 6) is 0.712. The average Bonchev–Trinajstić information content (AvgIpc) is 2.85. The van der Waals surface area contributed by atoms with Crippen molar-refractivity contribution in [2.45, 2.75) is 19.8 Å². The van der Waals surface area contributed by atoms with Crippen LogP contribution in [0.2, 0.25) is 0 Å². The van der Waals surface area contributed by atoms with E-state index in [1.54, 1.807) is 6.20 Å². The fraction of sp³-hybridized carbons (Fsp3) is 0.429. The van der Waals surface area contributed by atoms with E-state index in [-0.39, 0.29) is 5.91 Å². The Morgan fingerprint density at radius 1 is 1.56 bits per heavy atom. The predicted molar refractivity (Wildman–Crippen MR) is 70.4 cm³/mol. The Balaban J connectivity index is 1.86. The first-order chi connectivity index (χ1) is 8.74. The first kappa shape index (κ1) is 11.3. The SMILES string of the molecule is CC1CCCN(C(=O)c2cnc3[nH]ccc3c2)C1. The number of nitrogens with zero attached hydrogens (tertiary/aromatic N) is 2. The lowest BCUT2D eigenvalue weighted by atomic mass is 10.00. The quantitative estimate of drug-likeness (QED) is 0.836. The lowest BCUT2D eigenvalue weighted by Crippen LogP contribution is -2.39. The maximum absolute atomic E-state index is 12.4. The van der Waals surface area contributed by atoms with Crippen LogP contribution in [0.3, 0.4) is 0 Å². The van der Waals surface area contributed by atoms with Crippen LogP contribution in [0.15, 0.2) is 24.5 Å². The van der Waals surface area contributed by atoms with Gasteiger partial charge >= 0.3 is 0 Å². The zero-order valence-corrected chi connectivity index (χ0v) is 10.5. The molecule has 0 bridgehead atoms. The molecule has 18 heavy (non-hydrogen) atoms. The molecular weight excluding hydrogens is 226 g/mol. The minimum Gasteiger partial charge on any atom is -0.346 e. The Kier molecular flexibility index (Phi) is 2.78. The molecule has 1 unspecified atom stereocenters.